The molecule has 0 unspecified atom stereocenters. The molecule has 98 valence electrons. The van der Waals surface area contributed by atoms with Crippen molar-refractivity contribution in [1.29, 1.82) is 0 Å². The topological polar surface area (TPSA) is 15.3 Å². The molecule has 1 aliphatic rings. The molecule has 2 aromatic rings. The minimum Gasteiger partial charge on any atom is -0.388 e. The van der Waals surface area contributed by atoms with Crippen molar-refractivity contribution in [3.05, 3.63) is 64.7 Å². The van der Waals surface area contributed by atoms with E-state index >= 15 is 0 Å². The highest BCUT2D eigenvalue weighted by atomic mass is 15.1. The second kappa shape index (κ2) is 5.06. The van der Waals surface area contributed by atoms with E-state index in [1.165, 1.54) is 27.9 Å². The van der Waals surface area contributed by atoms with Crippen LogP contribution in [0.5, 0.6) is 0 Å². The second-order valence-corrected chi connectivity index (χ2v) is 5.32. The van der Waals surface area contributed by atoms with Gasteiger partial charge in [-0.1, -0.05) is 42.0 Å². The Morgan fingerprint density at radius 2 is 1.84 bits per heavy atom. The van der Waals surface area contributed by atoms with E-state index in [4.69, 9.17) is 0 Å². The quantitative estimate of drug-likeness (QED) is 0.898. The Morgan fingerprint density at radius 3 is 2.58 bits per heavy atom. The first-order chi connectivity index (χ1) is 9.26. The molecule has 2 heteroatoms. The lowest BCUT2D eigenvalue weighted by Gasteiger charge is -2.15. The van der Waals surface area contributed by atoms with E-state index in [1.807, 2.05) is 7.05 Å². The predicted octanol–water partition coefficient (Wildman–Crippen LogP) is 3.55. The van der Waals surface area contributed by atoms with Gasteiger partial charge in [0.1, 0.15) is 0 Å². The molecule has 0 saturated carbocycles. The van der Waals surface area contributed by atoms with Crippen molar-refractivity contribution in [3.63, 3.8) is 0 Å². The summed E-state index contributed by atoms with van der Waals surface area (Å²) in [6.45, 7) is 5.26. The molecule has 3 rings (SSSR count). The van der Waals surface area contributed by atoms with Gasteiger partial charge in [0.15, 0.2) is 0 Å². The highest BCUT2D eigenvalue weighted by molar-refractivity contribution is 5.55. The van der Waals surface area contributed by atoms with Gasteiger partial charge >= 0.3 is 0 Å². The molecule has 0 spiro atoms. The van der Waals surface area contributed by atoms with Crippen molar-refractivity contribution < 1.29 is 0 Å². The van der Waals surface area contributed by atoms with Crippen molar-refractivity contribution >= 4 is 5.69 Å². The summed E-state index contributed by atoms with van der Waals surface area (Å²) in [6.07, 6.45) is 0. The molecule has 0 aromatic heterocycles. The largest absolute Gasteiger partial charge is 0.388 e. The molecule has 0 atom stereocenters. The number of aryl methyl sites for hydroxylation is 1. The summed E-state index contributed by atoms with van der Waals surface area (Å²) in [6, 6.07) is 15.4. The van der Waals surface area contributed by atoms with Gasteiger partial charge in [-0.2, -0.15) is 0 Å². The molecule has 0 saturated heterocycles. The summed E-state index contributed by atoms with van der Waals surface area (Å²) in [5.41, 5.74) is 6.90. The molecule has 2 nitrogen and oxygen atoms in total. The summed E-state index contributed by atoms with van der Waals surface area (Å²) in [5.74, 6) is 0. The molecule has 19 heavy (non-hydrogen) atoms. The molecule has 1 heterocycles. The Bertz CT molecular complexity index is 572. The SMILES string of the molecule is CNc1cccc2c1CN(Cc1ccc(C)cc1)C2. The molecule has 2 aromatic carbocycles. The van der Waals surface area contributed by atoms with Crippen LogP contribution in [0.2, 0.25) is 0 Å². The first-order valence-electron chi connectivity index (χ1n) is 6.82. The van der Waals surface area contributed by atoms with Crippen LogP contribution in [0.25, 0.3) is 0 Å². The van der Waals surface area contributed by atoms with E-state index in [0.29, 0.717) is 0 Å². The summed E-state index contributed by atoms with van der Waals surface area (Å²) >= 11 is 0. The molecule has 0 fully saturated rings. The fourth-order valence-corrected chi connectivity index (χ4v) is 2.79. The first-order valence-corrected chi connectivity index (χ1v) is 6.82. The molecule has 0 bridgehead atoms. The Morgan fingerprint density at radius 1 is 1.05 bits per heavy atom. The molecular formula is C17H20N2. The average molecular weight is 252 g/mol. The number of benzene rings is 2. The molecular weight excluding hydrogens is 232 g/mol. The summed E-state index contributed by atoms with van der Waals surface area (Å²) in [4.78, 5) is 2.50. The van der Waals surface area contributed by atoms with E-state index in [0.717, 1.165) is 19.6 Å². The lowest BCUT2D eigenvalue weighted by molar-refractivity contribution is 0.275. The van der Waals surface area contributed by atoms with Crippen molar-refractivity contribution in [2.24, 2.45) is 0 Å². The van der Waals surface area contributed by atoms with Gasteiger partial charge in [-0.25, -0.2) is 0 Å². The van der Waals surface area contributed by atoms with Gasteiger partial charge in [0.2, 0.25) is 0 Å². The Balaban J connectivity index is 1.75. The van der Waals surface area contributed by atoms with E-state index in [9.17, 15) is 0 Å². The number of nitrogens with zero attached hydrogens (tertiary/aromatic N) is 1. The van der Waals surface area contributed by atoms with Gasteiger partial charge in [0.25, 0.3) is 0 Å². The van der Waals surface area contributed by atoms with Crippen LogP contribution in [0.3, 0.4) is 0 Å². The van der Waals surface area contributed by atoms with Gasteiger partial charge in [0, 0.05) is 32.4 Å². The standard InChI is InChI=1S/C17H20N2/c1-13-6-8-14(9-7-13)10-19-11-15-4-3-5-17(18-2)16(15)12-19/h3-9,18H,10-12H2,1-2H3. The predicted molar refractivity (Wildman–Crippen MR) is 80.1 cm³/mol. The van der Waals surface area contributed by atoms with Crippen molar-refractivity contribution in [2.75, 3.05) is 12.4 Å². The van der Waals surface area contributed by atoms with Crippen LogP contribution in [-0.2, 0) is 19.6 Å². The minimum absolute atomic E-state index is 1.03. The maximum absolute atomic E-state index is 3.29. The van der Waals surface area contributed by atoms with Crippen molar-refractivity contribution in [1.82, 2.24) is 4.90 Å². The third kappa shape index (κ3) is 2.49. The molecule has 1 N–H and O–H groups in total. The van der Waals surface area contributed by atoms with Crippen molar-refractivity contribution in [3.8, 4) is 0 Å². The van der Waals surface area contributed by atoms with Crippen LogP contribution >= 0.6 is 0 Å². The lowest BCUT2D eigenvalue weighted by Crippen LogP contribution is -2.15. The summed E-state index contributed by atoms with van der Waals surface area (Å²) < 4.78 is 0. The second-order valence-electron chi connectivity index (χ2n) is 5.32. The highest BCUT2D eigenvalue weighted by Crippen LogP contribution is 2.29. The Labute approximate surface area is 115 Å². The maximum Gasteiger partial charge on any atom is 0.0386 e. The normalized spacial score (nSPS) is 14.4. The third-order valence-corrected chi connectivity index (χ3v) is 3.84. The minimum atomic E-state index is 1.03. The van der Waals surface area contributed by atoms with Crippen molar-refractivity contribution in [2.45, 2.75) is 26.6 Å². The fourth-order valence-electron chi connectivity index (χ4n) is 2.79. The van der Waals surface area contributed by atoms with Gasteiger partial charge in [0.05, 0.1) is 0 Å². The number of hydrogen-bond acceptors (Lipinski definition) is 2. The zero-order valence-electron chi connectivity index (χ0n) is 11.6. The summed E-state index contributed by atoms with van der Waals surface area (Å²) in [7, 11) is 2.00. The smallest absolute Gasteiger partial charge is 0.0386 e. The lowest BCUT2D eigenvalue weighted by atomic mass is 10.1. The van der Waals surface area contributed by atoms with Crippen LogP contribution in [0.1, 0.15) is 22.3 Å². The van der Waals surface area contributed by atoms with Crippen LogP contribution in [0.4, 0.5) is 5.69 Å². The van der Waals surface area contributed by atoms with Crippen LogP contribution in [0.15, 0.2) is 42.5 Å². The average Bonchev–Trinajstić information content (AvgIpc) is 2.83. The van der Waals surface area contributed by atoms with Gasteiger partial charge in [-0.15, -0.1) is 0 Å². The van der Waals surface area contributed by atoms with Gasteiger partial charge in [-0.05, 0) is 29.7 Å². The monoisotopic (exact) mass is 252 g/mol. The molecule has 0 amide bonds. The number of anilines is 1. The Hall–Kier alpha value is -1.80. The molecule has 0 radical (unpaired) electrons. The number of rotatable bonds is 3. The maximum atomic E-state index is 3.29. The van der Waals surface area contributed by atoms with Gasteiger partial charge in [-0.3, -0.25) is 4.90 Å². The number of hydrogen-bond donors (Lipinski definition) is 1. The molecule has 1 aliphatic heterocycles. The van der Waals surface area contributed by atoms with Gasteiger partial charge < -0.3 is 5.32 Å². The molecule has 0 aliphatic carbocycles. The van der Waals surface area contributed by atoms with Crippen LogP contribution in [0, 0.1) is 6.92 Å². The highest BCUT2D eigenvalue weighted by Gasteiger charge is 2.20. The van der Waals surface area contributed by atoms with E-state index in [2.05, 4.69) is 59.6 Å². The third-order valence-electron chi connectivity index (χ3n) is 3.84. The van der Waals surface area contributed by atoms with Crippen LogP contribution < -0.4 is 5.32 Å². The van der Waals surface area contributed by atoms with Crippen LogP contribution in [-0.4, -0.2) is 11.9 Å². The zero-order chi connectivity index (χ0) is 13.2. The fraction of sp³-hybridized carbons (Fsp3) is 0.294. The van der Waals surface area contributed by atoms with E-state index in [-0.39, 0.29) is 0 Å². The zero-order valence-corrected chi connectivity index (χ0v) is 11.6. The first kappa shape index (κ1) is 12.2. The summed E-state index contributed by atoms with van der Waals surface area (Å²) in [5, 5.41) is 3.29. The number of fused-ring (bicyclic) bond motifs is 1. The van der Waals surface area contributed by atoms with E-state index in [1.54, 1.807) is 0 Å². The number of nitrogens with one attached hydrogen (secondary N) is 1. The Kier molecular flexibility index (Phi) is 3.26. The van der Waals surface area contributed by atoms with E-state index < -0.39 is 0 Å².